The molecule has 0 spiro atoms. The van der Waals surface area contributed by atoms with Crippen molar-refractivity contribution in [2.45, 2.75) is 26.7 Å². The summed E-state index contributed by atoms with van der Waals surface area (Å²) in [5.41, 5.74) is 4.42. The topological polar surface area (TPSA) is 75.9 Å². The van der Waals surface area contributed by atoms with Crippen LogP contribution in [-0.4, -0.2) is 51.7 Å². The second-order valence-electron chi connectivity index (χ2n) is 8.55. The molecule has 1 N–H and O–H groups in total. The summed E-state index contributed by atoms with van der Waals surface area (Å²) in [6.07, 6.45) is 4.93. The van der Waals surface area contributed by atoms with Crippen molar-refractivity contribution in [3.05, 3.63) is 59.7 Å². The average molecular weight is 419 g/mol. The van der Waals surface area contributed by atoms with E-state index in [0.29, 0.717) is 18.8 Å². The van der Waals surface area contributed by atoms with Crippen molar-refractivity contribution in [1.82, 2.24) is 25.1 Å². The summed E-state index contributed by atoms with van der Waals surface area (Å²) < 4.78 is 1.80. The first-order chi connectivity index (χ1) is 15.0. The number of nitrogens with zero attached hydrogens (tertiary/aromatic N) is 5. The summed E-state index contributed by atoms with van der Waals surface area (Å²) in [4.78, 5) is 24.6. The Bertz CT molecular complexity index is 1050. The van der Waals surface area contributed by atoms with Crippen LogP contribution in [0.4, 0.5) is 5.82 Å². The first-order valence-corrected chi connectivity index (χ1v) is 10.9. The number of aromatic nitrogens is 4. The van der Waals surface area contributed by atoms with Gasteiger partial charge in [-0.05, 0) is 36.2 Å². The van der Waals surface area contributed by atoms with Gasteiger partial charge in [0.15, 0.2) is 5.78 Å². The predicted octanol–water partition coefficient (Wildman–Crippen LogP) is 3.11. The number of piperazine rings is 1. The second-order valence-corrected chi connectivity index (χ2v) is 8.55. The molecule has 0 atom stereocenters. The van der Waals surface area contributed by atoms with E-state index >= 15 is 0 Å². The monoisotopic (exact) mass is 418 g/mol. The van der Waals surface area contributed by atoms with E-state index < -0.39 is 0 Å². The van der Waals surface area contributed by atoms with Crippen molar-refractivity contribution in [3.63, 3.8) is 0 Å². The van der Waals surface area contributed by atoms with E-state index in [1.54, 1.807) is 4.68 Å². The van der Waals surface area contributed by atoms with Gasteiger partial charge >= 0.3 is 0 Å². The fraction of sp³-hybridized carbons (Fsp3) is 0.417. The van der Waals surface area contributed by atoms with E-state index in [2.05, 4.69) is 40.2 Å². The molecule has 0 amide bonds. The van der Waals surface area contributed by atoms with Crippen molar-refractivity contribution in [2.24, 2.45) is 13.0 Å². The minimum absolute atomic E-state index is 0.165. The molecule has 3 aromatic heterocycles. The number of pyridine rings is 2. The number of carbonyl (C=O) groups excluding carboxylic acids is 1. The van der Waals surface area contributed by atoms with E-state index in [4.69, 9.17) is 4.98 Å². The lowest BCUT2D eigenvalue weighted by Gasteiger charge is -2.29. The maximum atomic E-state index is 12.9. The molecule has 1 fully saturated rings. The summed E-state index contributed by atoms with van der Waals surface area (Å²) in [6, 6.07) is 9.89. The first-order valence-electron chi connectivity index (χ1n) is 10.9. The molecular weight excluding hydrogens is 388 g/mol. The third kappa shape index (κ3) is 5.35. The minimum atomic E-state index is 0.165. The molecule has 1 saturated heterocycles. The van der Waals surface area contributed by atoms with E-state index in [9.17, 15) is 4.79 Å². The van der Waals surface area contributed by atoms with Crippen LogP contribution in [0.5, 0.6) is 0 Å². The van der Waals surface area contributed by atoms with Crippen LogP contribution >= 0.6 is 0 Å². The van der Waals surface area contributed by atoms with Gasteiger partial charge in [-0.2, -0.15) is 5.10 Å². The molecule has 1 aliphatic heterocycles. The van der Waals surface area contributed by atoms with Crippen molar-refractivity contribution in [3.8, 4) is 11.3 Å². The maximum absolute atomic E-state index is 12.9. The molecule has 4 heterocycles. The third-order valence-electron chi connectivity index (χ3n) is 5.41. The molecule has 7 nitrogen and oxygen atoms in total. The zero-order valence-electron chi connectivity index (χ0n) is 18.5. The highest BCUT2D eigenvalue weighted by Gasteiger charge is 2.18. The molecule has 3 aromatic rings. The van der Waals surface area contributed by atoms with Crippen molar-refractivity contribution in [1.29, 1.82) is 0 Å². The van der Waals surface area contributed by atoms with Crippen LogP contribution in [0.15, 0.2) is 42.7 Å². The molecule has 0 radical (unpaired) electrons. The van der Waals surface area contributed by atoms with Gasteiger partial charge in [-0.3, -0.25) is 14.5 Å². The van der Waals surface area contributed by atoms with Crippen LogP contribution in [0.3, 0.4) is 0 Å². The van der Waals surface area contributed by atoms with Crippen molar-refractivity contribution < 1.29 is 4.79 Å². The number of rotatable bonds is 7. The van der Waals surface area contributed by atoms with Gasteiger partial charge in [0.25, 0.3) is 0 Å². The molecule has 162 valence electrons. The molecule has 0 saturated carbocycles. The van der Waals surface area contributed by atoms with Gasteiger partial charge in [-0.1, -0.05) is 13.8 Å². The highest BCUT2D eigenvalue weighted by atomic mass is 16.1. The van der Waals surface area contributed by atoms with E-state index in [0.717, 1.165) is 60.2 Å². The number of ketones is 1. The largest absolute Gasteiger partial charge is 0.354 e. The highest BCUT2D eigenvalue weighted by Crippen LogP contribution is 2.25. The minimum Gasteiger partial charge on any atom is -0.354 e. The Hall–Kier alpha value is -3.06. The maximum Gasteiger partial charge on any atom is 0.163 e. The molecule has 0 bridgehead atoms. The summed E-state index contributed by atoms with van der Waals surface area (Å²) in [6.45, 7) is 7.76. The summed E-state index contributed by atoms with van der Waals surface area (Å²) in [5.74, 6) is 1.35. The van der Waals surface area contributed by atoms with Gasteiger partial charge in [0.05, 0.1) is 11.4 Å². The quantitative estimate of drug-likeness (QED) is 0.594. The predicted molar refractivity (Wildman–Crippen MR) is 122 cm³/mol. The number of carbonyl (C=O) groups is 1. The standard InChI is InChI=1S/C24H30N6O/c1-17(2)12-23(31)19-14-22(27-24(15-19)30-10-7-25-8-11-30)18-4-6-26-21(13-18)16-20-5-9-29(3)28-20/h4-6,9,13-15,17,25H,7-8,10-12,16H2,1-3H3. The fourth-order valence-corrected chi connectivity index (χ4v) is 3.85. The number of anilines is 1. The Morgan fingerprint density at radius 2 is 1.94 bits per heavy atom. The van der Waals surface area contributed by atoms with E-state index in [1.165, 1.54) is 0 Å². The zero-order chi connectivity index (χ0) is 21.8. The van der Waals surface area contributed by atoms with Gasteiger partial charge in [0, 0.05) is 75.3 Å². The Labute approximate surface area is 183 Å². The fourth-order valence-electron chi connectivity index (χ4n) is 3.85. The van der Waals surface area contributed by atoms with Crippen LogP contribution in [0.2, 0.25) is 0 Å². The van der Waals surface area contributed by atoms with Gasteiger partial charge in [0.1, 0.15) is 5.82 Å². The van der Waals surface area contributed by atoms with Crippen molar-refractivity contribution >= 4 is 11.6 Å². The number of hydrogen-bond donors (Lipinski definition) is 1. The molecule has 0 unspecified atom stereocenters. The number of nitrogens with one attached hydrogen (secondary N) is 1. The lowest BCUT2D eigenvalue weighted by Crippen LogP contribution is -2.44. The number of Topliss-reactive ketones (excluding diaryl/α,β-unsaturated/α-hetero) is 1. The van der Waals surface area contributed by atoms with Crippen LogP contribution in [0.1, 0.15) is 42.0 Å². The Kier molecular flexibility index (Phi) is 6.42. The first kappa shape index (κ1) is 21.2. The van der Waals surface area contributed by atoms with Crippen LogP contribution in [0.25, 0.3) is 11.3 Å². The molecule has 4 rings (SSSR count). The van der Waals surface area contributed by atoms with Gasteiger partial charge < -0.3 is 10.2 Å². The Balaban J connectivity index is 1.69. The lowest BCUT2D eigenvalue weighted by atomic mass is 9.99. The zero-order valence-corrected chi connectivity index (χ0v) is 18.5. The van der Waals surface area contributed by atoms with Gasteiger partial charge in [-0.25, -0.2) is 4.98 Å². The summed E-state index contributed by atoms with van der Waals surface area (Å²) in [7, 11) is 1.91. The smallest absolute Gasteiger partial charge is 0.163 e. The SMILES string of the molecule is CC(C)CC(=O)c1cc(-c2ccnc(Cc3ccn(C)n3)c2)nc(N2CCNCC2)c1. The van der Waals surface area contributed by atoms with E-state index in [1.807, 2.05) is 43.7 Å². The second kappa shape index (κ2) is 9.39. The molecule has 31 heavy (non-hydrogen) atoms. The molecule has 1 aliphatic rings. The molecule has 0 aliphatic carbocycles. The van der Waals surface area contributed by atoms with Crippen LogP contribution in [-0.2, 0) is 13.5 Å². The normalized spacial score (nSPS) is 14.3. The van der Waals surface area contributed by atoms with Crippen molar-refractivity contribution in [2.75, 3.05) is 31.1 Å². The average Bonchev–Trinajstić information content (AvgIpc) is 3.18. The Morgan fingerprint density at radius 3 is 2.65 bits per heavy atom. The molecule has 7 heteroatoms. The van der Waals surface area contributed by atoms with Gasteiger partial charge in [0.2, 0.25) is 0 Å². The van der Waals surface area contributed by atoms with Crippen LogP contribution < -0.4 is 10.2 Å². The van der Waals surface area contributed by atoms with E-state index in [-0.39, 0.29) is 5.78 Å². The third-order valence-corrected chi connectivity index (χ3v) is 5.41. The number of hydrogen-bond acceptors (Lipinski definition) is 6. The Morgan fingerprint density at radius 1 is 1.13 bits per heavy atom. The van der Waals surface area contributed by atoms with Crippen LogP contribution in [0, 0.1) is 5.92 Å². The summed E-state index contributed by atoms with van der Waals surface area (Å²) >= 11 is 0. The molecule has 0 aromatic carbocycles. The summed E-state index contributed by atoms with van der Waals surface area (Å²) in [5, 5.41) is 7.83. The highest BCUT2D eigenvalue weighted by molar-refractivity contribution is 5.97. The number of aryl methyl sites for hydroxylation is 1. The lowest BCUT2D eigenvalue weighted by molar-refractivity contribution is 0.0968. The van der Waals surface area contributed by atoms with Gasteiger partial charge in [-0.15, -0.1) is 0 Å². The molecular formula is C24H30N6O.